The molecule has 7 nitrogen and oxygen atoms in total. The number of aliphatic hydroxyl groups excluding tert-OH is 2. The van der Waals surface area contributed by atoms with Crippen molar-refractivity contribution in [2.45, 2.75) is 109 Å². The first-order valence-corrected chi connectivity index (χ1v) is 19.4. The molecule has 0 fully saturated rings. The van der Waals surface area contributed by atoms with E-state index in [2.05, 4.69) is 79.6 Å². The second kappa shape index (κ2) is 14.2. The molecule has 4 atom stereocenters. The minimum Gasteiger partial charge on any atom is -0.445 e. The molecule has 0 aliphatic heterocycles. The van der Waals surface area contributed by atoms with Crippen LogP contribution in [0.2, 0.25) is 36.3 Å². The maximum absolute atomic E-state index is 12.9. The molecule has 1 amide bonds. The molecule has 218 valence electrons. The van der Waals surface area contributed by atoms with Gasteiger partial charge in [0.1, 0.15) is 6.61 Å². The lowest BCUT2D eigenvalue weighted by atomic mass is 9.89. The Morgan fingerprint density at radius 2 is 1.42 bits per heavy atom. The van der Waals surface area contributed by atoms with Gasteiger partial charge in [-0.15, -0.1) is 6.58 Å². The molecule has 0 heterocycles. The standard InChI is InChI=1S/C29H53NO6Si2/c1-12-16-24(31)26(30-27(33)34-19-22-17-14-13-15-18-22)23(20-35-37(8,9)28(2,3)4)25(32)21-36-38(10,11)29(5,6)7/h12-15,17-18,23-26,31-32H,1,16,19-21H2,2-11H3,(H,30,33)/t23-,24+,25+,26+/m0/s1. The van der Waals surface area contributed by atoms with Gasteiger partial charge in [-0.1, -0.05) is 78.0 Å². The van der Waals surface area contributed by atoms with Gasteiger partial charge in [0.05, 0.1) is 24.9 Å². The normalized spacial score (nSPS) is 16.3. The van der Waals surface area contributed by atoms with Gasteiger partial charge in [0.25, 0.3) is 0 Å². The average molecular weight is 568 g/mol. The number of ether oxygens (including phenoxy) is 1. The van der Waals surface area contributed by atoms with Crippen LogP contribution < -0.4 is 5.32 Å². The van der Waals surface area contributed by atoms with Gasteiger partial charge in [-0.05, 0) is 48.2 Å². The Hall–Kier alpha value is -1.50. The fraction of sp³-hybridized carbons (Fsp3) is 0.690. The van der Waals surface area contributed by atoms with Crippen molar-refractivity contribution in [2.24, 2.45) is 5.92 Å². The van der Waals surface area contributed by atoms with E-state index in [1.54, 1.807) is 6.08 Å². The van der Waals surface area contributed by atoms with Crippen LogP contribution >= 0.6 is 0 Å². The molecule has 1 rings (SSSR count). The number of amides is 1. The van der Waals surface area contributed by atoms with E-state index in [1.807, 2.05) is 30.3 Å². The summed E-state index contributed by atoms with van der Waals surface area (Å²) in [5, 5.41) is 25.3. The van der Waals surface area contributed by atoms with Gasteiger partial charge in [0, 0.05) is 12.5 Å². The average Bonchev–Trinajstić information content (AvgIpc) is 2.80. The number of benzene rings is 1. The zero-order chi connectivity index (χ0) is 29.4. The summed E-state index contributed by atoms with van der Waals surface area (Å²) in [7, 11) is -4.34. The number of carbonyl (C=O) groups excluding carboxylic acids is 1. The maximum atomic E-state index is 12.9. The molecule has 0 aliphatic rings. The van der Waals surface area contributed by atoms with E-state index in [-0.39, 0.29) is 36.3 Å². The van der Waals surface area contributed by atoms with Gasteiger partial charge in [0.15, 0.2) is 16.6 Å². The third-order valence-electron chi connectivity index (χ3n) is 8.14. The first kappa shape index (κ1) is 34.5. The summed E-state index contributed by atoms with van der Waals surface area (Å²) in [5.74, 6) is -0.631. The first-order valence-electron chi connectivity index (χ1n) is 13.5. The van der Waals surface area contributed by atoms with Gasteiger partial charge in [-0.3, -0.25) is 0 Å². The predicted molar refractivity (Wildman–Crippen MR) is 160 cm³/mol. The molecule has 3 N–H and O–H groups in total. The molecule has 1 aromatic carbocycles. The van der Waals surface area contributed by atoms with Crippen LogP contribution in [0.1, 0.15) is 53.5 Å². The SMILES string of the molecule is C=CC[C@@H](O)[C@H](NC(=O)OCc1ccccc1)[C@@H](CO[Si](C)(C)C(C)(C)C)[C@H](O)CO[Si](C)(C)C(C)(C)C. The number of aliphatic hydroxyl groups is 2. The molecule has 0 spiro atoms. The summed E-state index contributed by atoms with van der Waals surface area (Å²) in [6.45, 7) is 25.5. The summed E-state index contributed by atoms with van der Waals surface area (Å²) in [6, 6.07) is 8.55. The smallest absolute Gasteiger partial charge is 0.407 e. The number of hydrogen-bond donors (Lipinski definition) is 3. The lowest BCUT2D eigenvalue weighted by molar-refractivity contribution is -0.0174. The number of nitrogens with one attached hydrogen (secondary N) is 1. The van der Waals surface area contributed by atoms with Crippen molar-refractivity contribution >= 4 is 22.7 Å². The Bertz CT molecular complexity index is 864. The minimum atomic E-state index is -2.19. The van der Waals surface area contributed by atoms with Gasteiger partial charge >= 0.3 is 6.09 Å². The van der Waals surface area contributed by atoms with Crippen LogP contribution in [-0.2, 0) is 20.2 Å². The van der Waals surface area contributed by atoms with E-state index in [1.165, 1.54) is 0 Å². The quantitative estimate of drug-likeness (QED) is 0.182. The van der Waals surface area contributed by atoms with Crippen molar-refractivity contribution in [2.75, 3.05) is 13.2 Å². The Balaban J connectivity index is 3.21. The second-order valence-electron chi connectivity index (χ2n) is 13.2. The van der Waals surface area contributed by atoms with Crippen LogP contribution in [0.15, 0.2) is 43.0 Å². The van der Waals surface area contributed by atoms with Crippen molar-refractivity contribution in [3.63, 3.8) is 0 Å². The highest BCUT2D eigenvalue weighted by Gasteiger charge is 2.43. The summed E-state index contributed by atoms with van der Waals surface area (Å²) < 4.78 is 18.3. The fourth-order valence-corrected chi connectivity index (χ4v) is 5.38. The fourth-order valence-electron chi connectivity index (χ4n) is 3.32. The van der Waals surface area contributed by atoms with E-state index in [0.29, 0.717) is 0 Å². The Kier molecular flexibility index (Phi) is 12.9. The van der Waals surface area contributed by atoms with Gasteiger partial charge < -0.3 is 29.1 Å². The van der Waals surface area contributed by atoms with Crippen molar-refractivity contribution in [1.29, 1.82) is 0 Å². The minimum absolute atomic E-state index is 0.0267. The summed E-state index contributed by atoms with van der Waals surface area (Å²) in [4.78, 5) is 12.9. The zero-order valence-corrected chi connectivity index (χ0v) is 27.3. The Labute approximate surface area is 233 Å². The largest absolute Gasteiger partial charge is 0.445 e. The summed E-state index contributed by atoms with van der Waals surface area (Å²) in [6.07, 6.45) is -0.813. The van der Waals surface area contributed by atoms with E-state index in [0.717, 1.165) is 5.56 Å². The first-order chi connectivity index (χ1) is 17.3. The molecule has 0 saturated heterocycles. The maximum Gasteiger partial charge on any atom is 0.407 e. The van der Waals surface area contributed by atoms with Gasteiger partial charge in [0.2, 0.25) is 0 Å². The van der Waals surface area contributed by atoms with Crippen LogP contribution in [-0.4, -0.2) is 64.4 Å². The number of hydrogen-bond acceptors (Lipinski definition) is 6. The van der Waals surface area contributed by atoms with Crippen LogP contribution in [0.3, 0.4) is 0 Å². The zero-order valence-electron chi connectivity index (χ0n) is 25.3. The van der Waals surface area contributed by atoms with Crippen LogP contribution in [0, 0.1) is 5.92 Å². The molecule has 1 aromatic rings. The summed E-state index contributed by atoms with van der Waals surface area (Å²) >= 11 is 0. The predicted octanol–water partition coefficient (Wildman–Crippen LogP) is 6.24. The molecule has 0 radical (unpaired) electrons. The van der Waals surface area contributed by atoms with E-state index >= 15 is 0 Å². The molecule has 0 aliphatic carbocycles. The lowest BCUT2D eigenvalue weighted by Crippen LogP contribution is -2.56. The van der Waals surface area contributed by atoms with Gasteiger partial charge in [-0.25, -0.2) is 4.79 Å². The second-order valence-corrected chi connectivity index (χ2v) is 22.8. The van der Waals surface area contributed by atoms with Crippen LogP contribution in [0.25, 0.3) is 0 Å². The van der Waals surface area contributed by atoms with Crippen molar-refractivity contribution in [1.82, 2.24) is 5.32 Å². The molecule has 0 aromatic heterocycles. The molecule has 0 saturated carbocycles. The highest BCUT2D eigenvalue weighted by molar-refractivity contribution is 6.74. The van der Waals surface area contributed by atoms with Crippen LogP contribution in [0.4, 0.5) is 4.79 Å². The Morgan fingerprint density at radius 1 is 0.921 bits per heavy atom. The van der Waals surface area contributed by atoms with Gasteiger partial charge in [-0.2, -0.15) is 0 Å². The highest BCUT2D eigenvalue weighted by Crippen LogP contribution is 2.38. The molecule has 0 unspecified atom stereocenters. The molecule has 9 heteroatoms. The summed E-state index contributed by atoms with van der Waals surface area (Å²) in [5.41, 5.74) is 0.853. The third-order valence-corrected chi connectivity index (χ3v) is 17.1. The molecule has 0 bridgehead atoms. The lowest BCUT2D eigenvalue weighted by Gasteiger charge is -2.41. The van der Waals surface area contributed by atoms with Crippen molar-refractivity contribution in [3.05, 3.63) is 48.6 Å². The molecule has 38 heavy (non-hydrogen) atoms. The van der Waals surface area contributed by atoms with Crippen molar-refractivity contribution in [3.8, 4) is 0 Å². The topological polar surface area (TPSA) is 97.3 Å². The van der Waals surface area contributed by atoms with E-state index < -0.39 is 46.9 Å². The van der Waals surface area contributed by atoms with Crippen LogP contribution in [0.5, 0.6) is 0 Å². The van der Waals surface area contributed by atoms with E-state index in [9.17, 15) is 15.0 Å². The third kappa shape index (κ3) is 10.6. The molecular formula is C29H53NO6Si2. The van der Waals surface area contributed by atoms with Crippen molar-refractivity contribution < 1.29 is 28.6 Å². The highest BCUT2D eigenvalue weighted by atomic mass is 28.4. The van der Waals surface area contributed by atoms with E-state index in [4.69, 9.17) is 13.6 Å². The molecular weight excluding hydrogens is 514 g/mol. The number of rotatable bonds is 14. The number of carbonyl (C=O) groups is 1. The Morgan fingerprint density at radius 3 is 1.89 bits per heavy atom. The number of alkyl carbamates (subject to hydrolysis) is 1. The monoisotopic (exact) mass is 567 g/mol.